The molecule has 0 fully saturated rings. The highest BCUT2D eigenvalue weighted by molar-refractivity contribution is 6.30. The maximum atomic E-state index is 5.88. The Kier molecular flexibility index (Phi) is 3.47. The Hall–Kier alpha value is -1.86. The first-order valence-corrected chi connectivity index (χ1v) is 6.62. The standard InChI is InChI=1S/C17H13ClN/c18-15-9-6-13(7-10-15)5-8-14-11-12-19-17-4-2-1-3-16(14)17/h1-7,9-12H,8H2. The predicted octanol–water partition coefficient (Wildman–Crippen LogP) is 4.68. The molecule has 93 valence electrons. The SMILES string of the molecule is Clc1ccc([CH]Cc2ccnc3ccccc23)cc1. The molecule has 0 spiro atoms. The van der Waals surface area contributed by atoms with Crippen molar-refractivity contribution in [3.05, 3.63) is 83.4 Å². The lowest BCUT2D eigenvalue weighted by Crippen LogP contribution is -1.91. The second-order valence-corrected chi connectivity index (χ2v) is 4.88. The Morgan fingerprint density at radius 1 is 0.947 bits per heavy atom. The zero-order valence-electron chi connectivity index (χ0n) is 10.4. The highest BCUT2D eigenvalue weighted by Gasteiger charge is 2.02. The molecule has 2 aromatic carbocycles. The van der Waals surface area contributed by atoms with Crippen LogP contribution < -0.4 is 0 Å². The zero-order chi connectivity index (χ0) is 13.1. The van der Waals surface area contributed by atoms with Gasteiger partial charge in [0.2, 0.25) is 0 Å². The zero-order valence-corrected chi connectivity index (χ0v) is 11.1. The van der Waals surface area contributed by atoms with Gasteiger partial charge in [-0.3, -0.25) is 4.98 Å². The summed E-state index contributed by atoms with van der Waals surface area (Å²) in [5.74, 6) is 0. The van der Waals surface area contributed by atoms with E-state index in [0.717, 1.165) is 17.0 Å². The number of hydrogen-bond acceptors (Lipinski definition) is 1. The largest absolute Gasteiger partial charge is 0.256 e. The molecule has 1 heterocycles. The van der Waals surface area contributed by atoms with Gasteiger partial charge in [-0.05, 0) is 48.2 Å². The van der Waals surface area contributed by atoms with E-state index < -0.39 is 0 Å². The van der Waals surface area contributed by atoms with Gasteiger partial charge in [0.15, 0.2) is 0 Å². The van der Waals surface area contributed by atoms with E-state index in [1.54, 1.807) is 0 Å². The molecule has 0 aliphatic rings. The minimum atomic E-state index is 0.770. The summed E-state index contributed by atoms with van der Waals surface area (Å²) in [4.78, 5) is 4.38. The summed E-state index contributed by atoms with van der Waals surface area (Å²) >= 11 is 5.88. The van der Waals surface area contributed by atoms with Crippen molar-refractivity contribution in [3.63, 3.8) is 0 Å². The van der Waals surface area contributed by atoms with E-state index in [4.69, 9.17) is 11.6 Å². The third kappa shape index (κ3) is 2.77. The Morgan fingerprint density at radius 2 is 1.74 bits per heavy atom. The fourth-order valence-electron chi connectivity index (χ4n) is 2.16. The summed E-state index contributed by atoms with van der Waals surface area (Å²) in [5, 5.41) is 1.99. The number of benzene rings is 2. The van der Waals surface area contributed by atoms with Crippen molar-refractivity contribution in [1.29, 1.82) is 0 Å². The molecule has 3 rings (SSSR count). The normalized spacial score (nSPS) is 10.8. The molecule has 3 aromatic rings. The van der Waals surface area contributed by atoms with Gasteiger partial charge >= 0.3 is 0 Å². The van der Waals surface area contributed by atoms with Crippen LogP contribution in [0.1, 0.15) is 11.1 Å². The molecule has 0 bridgehead atoms. The first-order chi connectivity index (χ1) is 9.33. The van der Waals surface area contributed by atoms with Crippen molar-refractivity contribution in [2.45, 2.75) is 6.42 Å². The van der Waals surface area contributed by atoms with Crippen LogP contribution in [0.2, 0.25) is 5.02 Å². The third-order valence-electron chi connectivity index (χ3n) is 3.17. The van der Waals surface area contributed by atoms with E-state index in [1.807, 2.05) is 42.6 Å². The third-order valence-corrected chi connectivity index (χ3v) is 3.42. The highest BCUT2D eigenvalue weighted by Crippen LogP contribution is 2.19. The lowest BCUT2D eigenvalue weighted by molar-refractivity contribution is 1.17. The molecule has 0 aliphatic carbocycles. The molecule has 1 radical (unpaired) electrons. The molecule has 1 aromatic heterocycles. The van der Waals surface area contributed by atoms with Gasteiger partial charge in [-0.1, -0.05) is 41.9 Å². The molecule has 1 nitrogen and oxygen atoms in total. The van der Waals surface area contributed by atoms with Crippen LogP contribution in [-0.4, -0.2) is 4.98 Å². The number of aromatic nitrogens is 1. The van der Waals surface area contributed by atoms with Gasteiger partial charge in [0.05, 0.1) is 5.52 Å². The number of pyridine rings is 1. The van der Waals surface area contributed by atoms with Crippen molar-refractivity contribution in [2.24, 2.45) is 0 Å². The van der Waals surface area contributed by atoms with E-state index in [2.05, 4.69) is 29.6 Å². The minimum Gasteiger partial charge on any atom is -0.256 e. The number of para-hydroxylation sites is 1. The second kappa shape index (κ2) is 5.41. The van der Waals surface area contributed by atoms with Gasteiger partial charge < -0.3 is 0 Å². The summed E-state index contributed by atoms with van der Waals surface area (Å²) in [6.07, 6.45) is 4.97. The van der Waals surface area contributed by atoms with Gasteiger partial charge in [0, 0.05) is 16.6 Å². The molecular weight excluding hydrogens is 254 g/mol. The van der Waals surface area contributed by atoms with Gasteiger partial charge in [0.1, 0.15) is 0 Å². The topological polar surface area (TPSA) is 12.9 Å². The summed E-state index contributed by atoms with van der Waals surface area (Å²) in [5.41, 5.74) is 3.52. The lowest BCUT2D eigenvalue weighted by Gasteiger charge is -2.06. The van der Waals surface area contributed by atoms with E-state index in [1.165, 1.54) is 16.5 Å². The van der Waals surface area contributed by atoms with E-state index in [9.17, 15) is 0 Å². The van der Waals surface area contributed by atoms with Crippen LogP contribution in [0.15, 0.2) is 60.8 Å². The number of fused-ring (bicyclic) bond motifs is 1. The predicted molar refractivity (Wildman–Crippen MR) is 80.3 cm³/mol. The Morgan fingerprint density at radius 3 is 2.58 bits per heavy atom. The van der Waals surface area contributed by atoms with Crippen LogP contribution in [0.5, 0.6) is 0 Å². The van der Waals surface area contributed by atoms with Crippen molar-refractivity contribution in [1.82, 2.24) is 4.98 Å². The quantitative estimate of drug-likeness (QED) is 0.671. The number of nitrogens with zero attached hydrogens (tertiary/aromatic N) is 1. The number of rotatable bonds is 3. The van der Waals surface area contributed by atoms with Crippen molar-refractivity contribution in [2.75, 3.05) is 0 Å². The molecule has 0 unspecified atom stereocenters. The van der Waals surface area contributed by atoms with Crippen LogP contribution >= 0.6 is 11.6 Å². The van der Waals surface area contributed by atoms with Crippen LogP contribution in [-0.2, 0) is 6.42 Å². The van der Waals surface area contributed by atoms with Crippen LogP contribution in [0.4, 0.5) is 0 Å². The average molecular weight is 267 g/mol. The fraction of sp³-hybridized carbons (Fsp3) is 0.0588. The van der Waals surface area contributed by atoms with Crippen molar-refractivity contribution < 1.29 is 0 Å². The lowest BCUT2D eigenvalue weighted by atomic mass is 10.0. The van der Waals surface area contributed by atoms with Crippen LogP contribution in [0.3, 0.4) is 0 Å². The van der Waals surface area contributed by atoms with Gasteiger partial charge in [-0.15, -0.1) is 0 Å². The summed E-state index contributed by atoms with van der Waals surface area (Å²) in [6, 6.07) is 18.2. The summed E-state index contributed by atoms with van der Waals surface area (Å²) < 4.78 is 0. The van der Waals surface area contributed by atoms with E-state index >= 15 is 0 Å². The Bertz CT molecular complexity index is 684. The Balaban J connectivity index is 1.84. The maximum Gasteiger partial charge on any atom is 0.0704 e. The molecule has 0 amide bonds. The van der Waals surface area contributed by atoms with E-state index in [-0.39, 0.29) is 0 Å². The molecule has 2 heteroatoms. The minimum absolute atomic E-state index is 0.770. The fourth-order valence-corrected chi connectivity index (χ4v) is 2.29. The van der Waals surface area contributed by atoms with Gasteiger partial charge in [-0.25, -0.2) is 0 Å². The first-order valence-electron chi connectivity index (χ1n) is 6.24. The highest BCUT2D eigenvalue weighted by atomic mass is 35.5. The smallest absolute Gasteiger partial charge is 0.0704 e. The van der Waals surface area contributed by atoms with Crippen molar-refractivity contribution in [3.8, 4) is 0 Å². The van der Waals surface area contributed by atoms with Gasteiger partial charge in [0.25, 0.3) is 0 Å². The average Bonchev–Trinajstić information content (AvgIpc) is 2.47. The summed E-state index contributed by atoms with van der Waals surface area (Å²) in [6.45, 7) is 0. The number of hydrogen-bond donors (Lipinski definition) is 0. The van der Waals surface area contributed by atoms with Crippen LogP contribution in [0.25, 0.3) is 10.9 Å². The maximum absolute atomic E-state index is 5.88. The van der Waals surface area contributed by atoms with Crippen LogP contribution in [0, 0.1) is 6.42 Å². The molecule has 0 saturated carbocycles. The second-order valence-electron chi connectivity index (χ2n) is 4.45. The van der Waals surface area contributed by atoms with Gasteiger partial charge in [-0.2, -0.15) is 0 Å². The molecule has 19 heavy (non-hydrogen) atoms. The molecular formula is C17H13ClN. The molecule has 0 aliphatic heterocycles. The van der Waals surface area contributed by atoms with Crippen molar-refractivity contribution >= 4 is 22.5 Å². The van der Waals surface area contributed by atoms with E-state index in [0.29, 0.717) is 0 Å². The molecule has 0 saturated heterocycles. The number of halogens is 1. The molecule has 0 atom stereocenters. The first kappa shape index (κ1) is 12.2. The Labute approximate surface area is 117 Å². The monoisotopic (exact) mass is 266 g/mol. The summed E-state index contributed by atoms with van der Waals surface area (Å²) in [7, 11) is 0. The molecule has 0 N–H and O–H groups in total.